The van der Waals surface area contributed by atoms with Crippen LogP contribution in [-0.4, -0.2) is 23.1 Å². The Morgan fingerprint density at radius 2 is 1.88 bits per heavy atom. The summed E-state index contributed by atoms with van der Waals surface area (Å²) < 4.78 is 2.27. The fourth-order valence-corrected chi connectivity index (χ4v) is 2.04. The molecule has 0 N–H and O–H groups in total. The highest BCUT2D eigenvalue weighted by Crippen LogP contribution is 2.17. The summed E-state index contributed by atoms with van der Waals surface area (Å²) in [5.41, 5.74) is 5.54. The SMILES string of the molecule is CC1=CC=C(Cc2ccc(C)n2C)CN1C. The number of nitrogens with zero attached hydrogens (tertiary/aromatic N) is 2. The molecule has 2 heterocycles. The van der Waals surface area contributed by atoms with Gasteiger partial charge in [0.1, 0.15) is 0 Å². The van der Waals surface area contributed by atoms with E-state index in [9.17, 15) is 0 Å². The van der Waals surface area contributed by atoms with Crippen LogP contribution in [0.1, 0.15) is 18.3 Å². The topological polar surface area (TPSA) is 8.17 Å². The second kappa shape index (κ2) is 4.20. The van der Waals surface area contributed by atoms with Gasteiger partial charge in [-0.05, 0) is 37.6 Å². The molecule has 0 saturated carbocycles. The molecule has 1 aromatic rings. The maximum atomic E-state index is 2.30. The minimum Gasteiger partial charge on any atom is -0.374 e. The van der Waals surface area contributed by atoms with Gasteiger partial charge in [0.15, 0.2) is 0 Å². The highest BCUT2D eigenvalue weighted by molar-refractivity contribution is 5.28. The molecule has 0 aromatic carbocycles. The van der Waals surface area contributed by atoms with Crippen LogP contribution in [-0.2, 0) is 13.5 Å². The van der Waals surface area contributed by atoms with E-state index in [2.05, 4.69) is 61.7 Å². The maximum absolute atomic E-state index is 2.30. The van der Waals surface area contributed by atoms with Crippen LogP contribution in [0, 0.1) is 6.92 Å². The molecule has 2 heteroatoms. The molecule has 0 fully saturated rings. The summed E-state index contributed by atoms with van der Waals surface area (Å²) in [6.07, 6.45) is 5.52. The third-order valence-electron chi connectivity index (χ3n) is 3.49. The zero-order chi connectivity index (χ0) is 11.7. The molecule has 0 bridgehead atoms. The van der Waals surface area contributed by atoms with Gasteiger partial charge in [0, 0.05) is 44.1 Å². The predicted molar refractivity (Wildman–Crippen MR) is 68.3 cm³/mol. The second-order valence-electron chi connectivity index (χ2n) is 4.69. The average molecular weight is 216 g/mol. The zero-order valence-corrected chi connectivity index (χ0v) is 10.6. The molecule has 86 valence electrons. The maximum Gasteiger partial charge on any atom is 0.0389 e. The molecule has 16 heavy (non-hydrogen) atoms. The average Bonchev–Trinajstić information content (AvgIpc) is 2.55. The molecular weight excluding hydrogens is 196 g/mol. The van der Waals surface area contributed by atoms with Gasteiger partial charge >= 0.3 is 0 Å². The predicted octanol–water partition coefficient (Wildman–Crippen LogP) is 2.65. The normalized spacial score (nSPS) is 16.1. The molecule has 0 radical (unpaired) electrons. The van der Waals surface area contributed by atoms with E-state index >= 15 is 0 Å². The van der Waals surface area contributed by atoms with Crippen molar-refractivity contribution in [1.82, 2.24) is 9.47 Å². The lowest BCUT2D eigenvalue weighted by Crippen LogP contribution is -2.22. The van der Waals surface area contributed by atoms with E-state index in [0.717, 1.165) is 13.0 Å². The quantitative estimate of drug-likeness (QED) is 0.738. The number of hydrogen-bond acceptors (Lipinski definition) is 1. The third kappa shape index (κ3) is 2.06. The van der Waals surface area contributed by atoms with E-state index < -0.39 is 0 Å². The van der Waals surface area contributed by atoms with Crippen LogP contribution >= 0.6 is 0 Å². The van der Waals surface area contributed by atoms with E-state index in [0.29, 0.717) is 0 Å². The van der Waals surface area contributed by atoms with E-state index in [1.807, 2.05) is 0 Å². The molecule has 0 aliphatic carbocycles. The van der Waals surface area contributed by atoms with Gasteiger partial charge in [-0.25, -0.2) is 0 Å². The smallest absolute Gasteiger partial charge is 0.0389 e. The lowest BCUT2D eigenvalue weighted by Gasteiger charge is -2.25. The number of aryl methyl sites for hydroxylation is 1. The minimum absolute atomic E-state index is 1.05. The Labute approximate surface area is 97.9 Å². The fraction of sp³-hybridized carbons (Fsp3) is 0.429. The summed E-state index contributed by atoms with van der Waals surface area (Å²) >= 11 is 0. The first-order valence-corrected chi connectivity index (χ1v) is 5.76. The summed E-state index contributed by atoms with van der Waals surface area (Å²) in [6, 6.07) is 4.41. The van der Waals surface area contributed by atoms with Crippen LogP contribution in [0.25, 0.3) is 0 Å². The van der Waals surface area contributed by atoms with Gasteiger partial charge in [-0.2, -0.15) is 0 Å². The fourth-order valence-electron chi connectivity index (χ4n) is 2.04. The molecule has 1 aliphatic rings. The summed E-state index contributed by atoms with van der Waals surface area (Å²) in [5.74, 6) is 0. The molecule has 1 aromatic heterocycles. The van der Waals surface area contributed by atoms with E-state index in [-0.39, 0.29) is 0 Å². The Morgan fingerprint density at radius 3 is 2.44 bits per heavy atom. The van der Waals surface area contributed by atoms with Crippen LogP contribution in [0.3, 0.4) is 0 Å². The summed E-state index contributed by atoms with van der Waals surface area (Å²) in [7, 11) is 4.29. The number of rotatable bonds is 2. The van der Waals surface area contributed by atoms with Crippen LogP contribution < -0.4 is 0 Å². The molecule has 2 rings (SSSR count). The number of aromatic nitrogens is 1. The van der Waals surface area contributed by atoms with E-state index in [1.165, 1.54) is 22.7 Å². The zero-order valence-electron chi connectivity index (χ0n) is 10.6. The largest absolute Gasteiger partial charge is 0.374 e. The number of likely N-dealkylation sites (N-methyl/N-ethyl adjacent to an activating group) is 1. The molecule has 1 aliphatic heterocycles. The van der Waals surface area contributed by atoms with Gasteiger partial charge in [-0.1, -0.05) is 6.08 Å². The van der Waals surface area contributed by atoms with Crippen molar-refractivity contribution in [2.75, 3.05) is 13.6 Å². The first-order chi connectivity index (χ1) is 7.58. The molecule has 0 saturated heterocycles. The molecule has 2 nitrogen and oxygen atoms in total. The molecular formula is C14H20N2. The standard InChI is InChI=1S/C14H20N2/c1-11-5-7-13(10-15(11)3)9-14-8-6-12(2)16(14)4/h5-8H,9-10H2,1-4H3. The monoisotopic (exact) mass is 216 g/mol. The lowest BCUT2D eigenvalue weighted by molar-refractivity contribution is 0.443. The van der Waals surface area contributed by atoms with Crippen molar-refractivity contribution in [3.63, 3.8) is 0 Å². The first kappa shape index (κ1) is 11.1. The Kier molecular flexibility index (Phi) is 2.90. The summed E-state index contributed by atoms with van der Waals surface area (Å²) in [5, 5.41) is 0. The molecule has 0 amide bonds. The van der Waals surface area contributed by atoms with Gasteiger partial charge in [0.05, 0.1) is 0 Å². The van der Waals surface area contributed by atoms with Crippen LogP contribution in [0.5, 0.6) is 0 Å². The third-order valence-corrected chi connectivity index (χ3v) is 3.49. The van der Waals surface area contributed by atoms with Crippen molar-refractivity contribution in [3.8, 4) is 0 Å². The van der Waals surface area contributed by atoms with Crippen molar-refractivity contribution >= 4 is 0 Å². The van der Waals surface area contributed by atoms with Crippen LogP contribution in [0.2, 0.25) is 0 Å². The lowest BCUT2D eigenvalue weighted by atomic mass is 10.1. The molecule has 0 spiro atoms. The van der Waals surface area contributed by atoms with Crippen LogP contribution in [0.4, 0.5) is 0 Å². The van der Waals surface area contributed by atoms with Gasteiger partial charge < -0.3 is 9.47 Å². The van der Waals surface area contributed by atoms with Crippen LogP contribution in [0.15, 0.2) is 35.6 Å². The van der Waals surface area contributed by atoms with E-state index in [1.54, 1.807) is 0 Å². The van der Waals surface area contributed by atoms with E-state index in [4.69, 9.17) is 0 Å². The van der Waals surface area contributed by atoms with Gasteiger partial charge in [-0.3, -0.25) is 0 Å². The Morgan fingerprint density at radius 1 is 1.12 bits per heavy atom. The van der Waals surface area contributed by atoms with Gasteiger partial charge in [0.2, 0.25) is 0 Å². The van der Waals surface area contributed by atoms with Gasteiger partial charge in [-0.15, -0.1) is 0 Å². The Hall–Kier alpha value is -1.44. The minimum atomic E-state index is 1.05. The van der Waals surface area contributed by atoms with Crippen molar-refractivity contribution in [3.05, 3.63) is 46.9 Å². The first-order valence-electron chi connectivity index (χ1n) is 5.76. The highest BCUT2D eigenvalue weighted by atomic mass is 15.1. The van der Waals surface area contributed by atoms with Crippen molar-refractivity contribution < 1.29 is 0 Å². The van der Waals surface area contributed by atoms with Crippen molar-refractivity contribution in [1.29, 1.82) is 0 Å². The molecule has 0 unspecified atom stereocenters. The Bertz CT molecular complexity index is 449. The van der Waals surface area contributed by atoms with Gasteiger partial charge in [0.25, 0.3) is 0 Å². The highest BCUT2D eigenvalue weighted by Gasteiger charge is 2.10. The van der Waals surface area contributed by atoms with Crippen molar-refractivity contribution in [2.24, 2.45) is 7.05 Å². The summed E-state index contributed by atoms with van der Waals surface area (Å²) in [6.45, 7) is 5.35. The number of allylic oxidation sites excluding steroid dienone is 3. The molecule has 0 atom stereocenters. The number of hydrogen-bond donors (Lipinski definition) is 0. The van der Waals surface area contributed by atoms with Crippen molar-refractivity contribution in [2.45, 2.75) is 20.3 Å². The summed E-state index contributed by atoms with van der Waals surface area (Å²) in [4.78, 5) is 2.30. The Balaban J connectivity index is 2.15. The second-order valence-corrected chi connectivity index (χ2v) is 4.69.